The minimum Gasteiger partial charge on any atom is -0.395 e. The number of ketones is 1. The Morgan fingerprint density at radius 2 is 2.33 bits per heavy atom. The fourth-order valence-electron chi connectivity index (χ4n) is 1.64. The normalized spacial score (nSPS) is 13.9. The minimum atomic E-state index is -0.0592. The van der Waals surface area contributed by atoms with Gasteiger partial charge in [0.15, 0.2) is 5.78 Å². The molecule has 0 fully saturated rings. The summed E-state index contributed by atoms with van der Waals surface area (Å²) in [5.41, 5.74) is 1.26. The molecule has 1 amide bonds. The largest absolute Gasteiger partial charge is 0.395 e. The number of aliphatic hydroxyl groups excluding tert-OH is 1. The Hall–Kier alpha value is -1.37. The summed E-state index contributed by atoms with van der Waals surface area (Å²) in [6, 6.07) is 5.30. The zero-order chi connectivity index (χ0) is 13.0. The van der Waals surface area contributed by atoms with Crippen molar-refractivity contribution in [2.75, 3.05) is 30.8 Å². The first-order chi connectivity index (χ1) is 8.70. The van der Waals surface area contributed by atoms with Crippen LogP contribution >= 0.6 is 11.8 Å². The number of amides is 1. The second kappa shape index (κ2) is 5.99. The highest BCUT2D eigenvalue weighted by Crippen LogP contribution is 2.31. The number of Topliss-reactive ketones (excluding diaryl/α,β-unsaturated/α-hetero) is 1. The number of hydrogen-bond acceptors (Lipinski definition) is 5. The van der Waals surface area contributed by atoms with Crippen LogP contribution in [-0.2, 0) is 4.79 Å². The first kappa shape index (κ1) is 13.1. The van der Waals surface area contributed by atoms with Gasteiger partial charge in [-0.2, -0.15) is 0 Å². The van der Waals surface area contributed by atoms with Crippen LogP contribution in [0.5, 0.6) is 0 Å². The fraction of sp³-hybridized carbons (Fsp3) is 0.333. The Morgan fingerprint density at radius 3 is 3.11 bits per heavy atom. The van der Waals surface area contributed by atoms with Crippen LogP contribution in [-0.4, -0.2) is 42.2 Å². The molecule has 5 nitrogen and oxygen atoms in total. The van der Waals surface area contributed by atoms with E-state index in [1.165, 1.54) is 11.8 Å². The van der Waals surface area contributed by atoms with Crippen LogP contribution in [0.4, 0.5) is 5.69 Å². The van der Waals surface area contributed by atoms with Crippen LogP contribution < -0.4 is 10.6 Å². The lowest BCUT2D eigenvalue weighted by molar-refractivity contribution is -0.113. The summed E-state index contributed by atoms with van der Waals surface area (Å²) in [7, 11) is 0. The molecule has 0 radical (unpaired) electrons. The topological polar surface area (TPSA) is 78.4 Å². The maximum absolute atomic E-state index is 11.8. The SMILES string of the molecule is O=C1CSc2ccc(C(=O)CNCCO)cc2N1. The molecule has 6 heteroatoms. The number of nitrogens with one attached hydrogen (secondary N) is 2. The van der Waals surface area contributed by atoms with Crippen LogP contribution in [0.2, 0.25) is 0 Å². The molecule has 0 atom stereocenters. The quantitative estimate of drug-likeness (QED) is 0.534. The molecule has 0 unspecified atom stereocenters. The van der Waals surface area contributed by atoms with Gasteiger partial charge in [-0.15, -0.1) is 11.8 Å². The van der Waals surface area contributed by atoms with E-state index in [0.717, 1.165) is 4.90 Å². The van der Waals surface area contributed by atoms with E-state index in [1.807, 2.05) is 6.07 Å². The molecule has 1 aliphatic rings. The Labute approximate surface area is 109 Å². The predicted octanol–water partition coefficient (Wildman–Crippen LogP) is 0.495. The number of rotatable bonds is 5. The van der Waals surface area contributed by atoms with Crippen molar-refractivity contribution >= 4 is 29.1 Å². The van der Waals surface area contributed by atoms with Gasteiger partial charge in [0.05, 0.1) is 24.6 Å². The molecule has 18 heavy (non-hydrogen) atoms. The van der Waals surface area contributed by atoms with E-state index in [-0.39, 0.29) is 24.8 Å². The van der Waals surface area contributed by atoms with Crippen molar-refractivity contribution in [3.05, 3.63) is 23.8 Å². The number of hydrogen-bond donors (Lipinski definition) is 3. The third-order valence-corrected chi connectivity index (χ3v) is 3.58. The second-order valence-corrected chi connectivity index (χ2v) is 4.89. The van der Waals surface area contributed by atoms with E-state index in [9.17, 15) is 9.59 Å². The van der Waals surface area contributed by atoms with Gasteiger partial charge in [0.25, 0.3) is 0 Å². The molecule has 0 aromatic heterocycles. The molecule has 1 aliphatic heterocycles. The summed E-state index contributed by atoms with van der Waals surface area (Å²) in [5, 5.41) is 14.2. The van der Waals surface area contributed by atoms with Crippen LogP contribution in [0.1, 0.15) is 10.4 Å². The van der Waals surface area contributed by atoms with Gasteiger partial charge in [-0.1, -0.05) is 6.07 Å². The molecule has 0 saturated carbocycles. The van der Waals surface area contributed by atoms with Gasteiger partial charge in [-0.3, -0.25) is 9.59 Å². The first-order valence-electron chi connectivity index (χ1n) is 5.62. The van der Waals surface area contributed by atoms with E-state index in [1.54, 1.807) is 12.1 Å². The van der Waals surface area contributed by atoms with Crippen molar-refractivity contribution in [3.8, 4) is 0 Å². The van der Waals surface area contributed by atoms with Crippen LogP contribution in [0.15, 0.2) is 23.1 Å². The average molecular weight is 266 g/mol. The van der Waals surface area contributed by atoms with E-state index in [0.29, 0.717) is 23.5 Å². The van der Waals surface area contributed by atoms with Crippen molar-refractivity contribution in [1.29, 1.82) is 0 Å². The molecule has 0 saturated heterocycles. The Bertz CT molecular complexity index is 476. The number of fused-ring (bicyclic) bond motifs is 1. The van der Waals surface area contributed by atoms with Gasteiger partial charge in [-0.05, 0) is 12.1 Å². The van der Waals surface area contributed by atoms with Crippen LogP contribution in [0.25, 0.3) is 0 Å². The third kappa shape index (κ3) is 3.10. The molecule has 1 aromatic carbocycles. The Kier molecular flexibility index (Phi) is 4.35. The predicted molar refractivity (Wildman–Crippen MR) is 70.1 cm³/mol. The smallest absolute Gasteiger partial charge is 0.234 e. The van der Waals surface area contributed by atoms with Crippen molar-refractivity contribution in [1.82, 2.24) is 5.32 Å². The van der Waals surface area contributed by atoms with Gasteiger partial charge < -0.3 is 15.7 Å². The minimum absolute atomic E-state index is 0.00413. The Morgan fingerprint density at radius 1 is 1.50 bits per heavy atom. The average Bonchev–Trinajstić information content (AvgIpc) is 2.38. The van der Waals surface area contributed by atoms with E-state index in [4.69, 9.17) is 5.11 Å². The Balaban J connectivity index is 2.08. The number of thioether (sulfide) groups is 1. The molecule has 0 aliphatic carbocycles. The number of aliphatic hydroxyl groups is 1. The highest BCUT2D eigenvalue weighted by molar-refractivity contribution is 8.00. The van der Waals surface area contributed by atoms with Crippen molar-refractivity contribution in [2.24, 2.45) is 0 Å². The zero-order valence-corrected chi connectivity index (χ0v) is 10.5. The highest BCUT2D eigenvalue weighted by Gasteiger charge is 2.16. The molecule has 0 spiro atoms. The monoisotopic (exact) mass is 266 g/mol. The summed E-state index contributed by atoms with van der Waals surface area (Å²) < 4.78 is 0. The molecule has 1 heterocycles. The molecule has 96 valence electrons. The van der Waals surface area contributed by atoms with Crippen molar-refractivity contribution < 1.29 is 14.7 Å². The lowest BCUT2D eigenvalue weighted by Crippen LogP contribution is -2.26. The van der Waals surface area contributed by atoms with Crippen molar-refractivity contribution in [2.45, 2.75) is 4.90 Å². The lowest BCUT2D eigenvalue weighted by atomic mass is 10.1. The zero-order valence-electron chi connectivity index (χ0n) is 9.73. The second-order valence-electron chi connectivity index (χ2n) is 3.87. The molecular formula is C12H14N2O3S. The molecule has 3 N–H and O–H groups in total. The molecule has 2 rings (SSSR count). The maximum atomic E-state index is 11.8. The number of anilines is 1. The summed E-state index contributed by atoms with van der Waals surface area (Å²) >= 11 is 1.47. The maximum Gasteiger partial charge on any atom is 0.234 e. The highest BCUT2D eigenvalue weighted by atomic mass is 32.2. The summed E-state index contributed by atoms with van der Waals surface area (Å²) in [5.74, 6) is 0.310. The van der Waals surface area contributed by atoms with Gasteiger partial charge in [0.2, 0.25) is 5.91 Å². The number of benzene rings is 1. The molecule has 0 bridgehead atoms. The van der Waals surface area contributed by atoms with E-state index < -0.39 is 0 Å². The summed E-state index contributed by atoms with van der Waals surface area (Å²) in [6.07, 6.45) is 0. The molecule has 1 aromatic rings. The first-order valence-corrected chi connectivity index (χ1v) is 6.61. The van der Waals surface area contributed by atoms with E-state index >= 15 is 0 Å². The standard InChI is InChI=1S/C12H14N2O3S/c15-4-3-13-6-10(16)8-1-2-11-9(5-8)14-12(17)7-18-11/h1-2,5,13,15H,3-4,6-7H2,(H,14,17). The van der Waals surface area contributed by atoms with Crippen LogP contribution in [0, 0.1) is 0 Å². The fourth-order valence-corrected chi connectivity index (χ4v) is 2.43. The third-order valence-electron chi connectivity index (χ3n) is 2.51. The van der Waals surface area contributed by atoms with Gasteiger partial charge in [0.1, 0.15) is 0 Å². The lowest BCUT2D eigenvalue weighted by Gasteiger charge is -2.16. The summed E-state index contributed by atoms with van der Waals surface area (Å²) in [4.78, 5) is 24.1. The van der Waals surface area contributed by atoms with Gasteiger partial charge >= 0.3 is 0 Å². The molecular weight excluding hydrogens is 252 g/mol. The van der Waals surface area contributed by atoms with Gasteiger partial charge in [-0.25, -0.2) is 0 Å². The van der Waals surface area contributed by atoms with E-state index in [2.05, 4.69) is 10.6 Å². The van der Waals surface area contributed by atoms with Crippen molar-refractivity contribution in [3.63, 3.8) is 0 Å². The number of carbonyl (C=O) groups is 2. The summed E-state index contributed by atoms with van der Waals surface area (Å²) in [6.45, 7) is 0.577. The number of carbonyl (C=O) groups excluding carboxylic acids is 2. The van der Waals surface area contributed by atoms with Crippen LogP contribution in [0.3, 0.4) is 0 Å². The van der Waals surface area contributed by atoms with Gasteiger partial charge in [0, 0.05) is 17.0 Å².